The first kappa shape index (κ1) is 7.40. The zero-order valence-electron chi connectivity index (χ0n) is 6.95. The Morgan fingerprint density at radius 3 is 2.58 bits per heavy atom. The van der Waals surface area contributed by atoms with Crippen molar-refractivity contribution in [3.8, 4) is 0 Å². The molecule has 0 radical (unpaired) electrons. The van der Waals surface area contributed by atoms with Crippen LogP contribution in [-0.2, 0) is 4.79 Å². The third-order valence-corrected chi connectivity index (χ3v) is 2.25. The van der Waals surface area contributed by atoms with Crippen molar-refractivity contribution >= 4 is 5.78 Å². The predicted molar refractivity (Wildman–Crippen MR) is 43.8 cm³/mol. The van der Waals surface area contributed by atoms with E-state index in [9.17, 15) is 4.79 Å². The largest absolute Gasteiger partial charge is 0.300 e. The van der Waals surface area contributed by atoms with E-state index in [1.165, 1.54) is 0 Å². The third kappa shape index (κ3) is 1.11. The van der Waals surface area contributed by atoms with E-state index in [1.807, 2.05) is 6.92 Å². The molecule has 0 aliphatic heterocycles. The lowest BCUT2D eigenvalue weighted by molar-refractivity contribution is -0.124. The van der Waals surface area contributed by atoms with E-state index in [1.54, 1.807) is 12.4 Å². The molecule has 0 atom stereocenters. The molecule has 3 nitrogen and oxygen atoms in total. The minimum Gasteiger partial charge on any atom is -0.300 e. The van der Waals surface area contributed by atoms with Crippen LogP contribution in [0.3, 0.4) is 0 Å². The minimum atomic E-state index is 0.338. The van der Waals surface area contributed by atoms with Crippen LogP contribution >= 0.6 is 0 Å². The zero-order valence-corrected chi connectivity index (χ0v) is 6.95. The second-order valence-corrected chi connectivity index (χ2v) is 3.17. The summed E-state index contributed by atoms with van der Waals surface area (Å²) in [6, 6.07) is 0. The number of carbonyl (C=O) groups is 1. The SMILES string of the molecule is Cc1nccnc1C1CC(=O)C1. The Balaban J connectivity index is 2.23. The van der Waals surface area contributed by atoms with Crippen LogP contribution < -0.4 is 0 Å². The van der Waals surface area contributed by atoms with Crippen molar-refractivity contribution in [2.45, 2.75) is 25.7 Å². The van der Waals surface area contributed by atoms with Gasteiger partial charge in [-0.25, -0.2) is 0 Å². The second-order valence-electron chi connectivity index (χ2n) is 3.17. The standard InChI is InChI=1S/C9H10N2O/c1-6-9(11-3-2-10-6)7-4-8(12)5-7/h2-3,7H,4-5H2,1H3. The summed E-state index contributed by atoms with van der Waals surface area (Å²) in [6.07, 6.45) is 4.67. The first-order valence-corrected chi connectivity index (χ1v) is 4.06. The Labute approximate surface area is 70.9 Å². The van der Waals surface area contributed by atoms with E-state index in [0.717, 1.165) is 11.4 Å². The van der Waals surface area contributed by atoms with E-state index >= 15 is 0 Å². The molecule has 12 heavy (non-hydrogen) atoms. The number of hydrogen-bond acceptors (Lipinski definition) is 3. The van der Waals surface area contributed by atoms with Gasteiger partial charge in [-0.2, -0.15) is 0 Å². The molecule has 1 fully saturated rings. The normalized spacial score (nSPS) is 17.6. The van der Waals surface area contributed by atoms with Crippen LogP contribution in [0, 0.1) is 6.92 Å². The van der Waals surface area contributed by atoms with Crippen molar-refractivity contribution in [3.63, 3.8) is 0 Å². The average Bonchev–Trinajstić information content (AvgIpc) is 2.01. The van der Waals surface area contributed by atoms with Gasteiger partial charge in [0.25, 0.3) is 0 Å². The molecule has 0 spiro atoms. The zero-order chi connectivity index (χ0) is 8.55. The van der Waals surface area contributed by atoms with E-state index in [0.29, 0.717) is 24.5 Å². The molecule has 1 aliphatic carbocycles. The molecule has 0 bridgehead atoms. The molecular weight excluding hydrogens is 152 g/mol. The van der Waals surface area contributed by atoms with Gasteiger partial charge in [-0.05, 0) is 6.92 Å². The number of Topliss-reactive ketones (excluding diaryl/α,β-unsaturated/α-hetero) is 1. The smallest absolute Gasteiger partial charge is 0.134 e. The molecular formula is C9H10N2O. The molecule has 62 valence electrons. The van der Waals surface area contributed by atoms with Gasteiger partial charge in [-0.15, -0.1) is 0 Å². The molecule has 3 heteroatoms. The number of ketones is 1. The van der Waals surface area contributed by atoms with Gasteiger partial charge < -0.3 is 0 Å². The highest BCUT2D eigenvalue weighted by atomic mass is 16.1. The Morgan fingerprint density at radius 1 is 1.33 bits per heavy atom. The molecule has 0 N–H and O–H groups in total. The molecule has 0 unspecified atom stereocenters. The molecule has 0 amide bonds. The summed E-state index contributed by atoms with van der Waals surface area (Å²) in [5.74, 6) is 0.677. The van der Waals surface area contributed by atoms with Gasteiger partial charge in [0, 0.05) is 31.2 Å². The lowest BCUT2D eigenvalue weighted by Crippen LogP contribution is -2.23. The summed E-state index contributed by atoms with van der Waals surface area (Å²) < 4.78 is 0. The predicted octanol–water partition coefficient (Wildman–Crippen LogP) is 1.23. The van der Waals surface area contributed by atoms with Gasteiger partial charge in [-0.1, -0.05) is 0 Å². The summed E-state index contributed by atoms with van der Waals surface area (Å²) in [5.41, 5.74) is 1.95. The maximum atomic E-state index is 10.7. The van der Waals surface area contributed by atoms with Gasteiger partial charge in [0.15, 0.2) is 0 Å². The van der Waals surface area contributed by atoms with Crippen LogP contribution in [0.25, 0.3) is 0 Å². The van der Waals surface area contributed by atoms with Crippen LogP contribution in [0.2, 0.25) is 0 Å². The first-order chi connectivity index (χ1) is 5.77. The van der Waals surface area contributed by atoms with Crippen molar-refractivity contribution in [2.24, 2.45) is 0 Å². The summed E-state index contributed by atoms with van der Waals surface area (Å²) in [6.45, 7) is 1.94. The molecule has 1 aromatic heterocycles. The van der Waals surface area contributed by atoms with Crippen LogP contribution in [-0.4, -0.2) is 15.8 Å². The molecule has 1 saturated carbocycles. The fourth-order valence-corrected chi connectivity index (χ4v) is 1.50. The van der Waals surface area contributed by atoms with E-state index < -0.39 is 0 Å². The number of carbonyl (C=O) groups excluding carboxylic acids is 1. The van der Waals surface area contributed by atoms with Gasteiger partial charge >= 0.3 is 0 Å². The molecule has 0 aromatic carbocycles. The number of rotatable bonds is 1. The van der Waals surface area contributed by atoms with Gasteiger partial charge in [0.2, 0.25) is 0 Å². The fourth-order valence-electron chi connectivity index (χ4n) is 1.50. The lowest BCUT2D eigenvalue weighted by atomic mass is 9.81. The highest BCUT2D eigenvalue weighted by Gasteiger charge is 2.30. The Morgan fingerprint density at radius 2 is 2.00 bits per heavy atom. The summed E-state index contributed by atoms with van der Waals surface area (Å²) >= 11 is 0. The highest BCUT2D eigenvalue weighted by molar-refractivity contribution is 5.86. The van der Waals surface area contributed by atoms with Crippen LogP contribution in [0.5, 0.6) is 0 Å². The van der Waals surface area contributed by atoms with Gasteiger partial charge in [-0.3, -0.25) is 14.8 Å². The van der Waals surface area contributed by atoms with E-state index in [2.05, 4.69) is 9.97 Å². The van der Waals surface area contributed by atoms with Crippen LogP contribution in [0.4, 0.5) is 0 Å². The summed E-state index contributed by atoms with van der Waals surface area (Å²) in [7, 11) is 0. The number of aryl methyl sites for hydroxylation is 1. The number of nitrogens with zero attached hydrogens (tertiary/aromatic N) is 2. The van der Waals surface area contributed by atoms with Gasteiger partial charge in [0.1, 0.15) is 5.78 Å². The summed E-state index contributed by atoms with van der Waals surface area (Å²) in [4.78, 5) is 19.1. The van der Waals surface area contributed by atoms with Crippen molar-refractivity contribution < 1.29 is 4.79 Å². The fraction of sp³-hybridized carbons (Fsp3) is 0.444. The maximum Gasteiger partial charge on any atom is 0.134 e. The van der Waals surface area contributed by atoms with Crippen LogP contribution in [0.1, 0.15) is 30.1 Å². The molecule has 0 saturated heterocycles. The first-order valence-electron chi connectivity index (χ1n) is 4.06. The van der Waals surface area contributed by atoms with Crippen molar-refractivity contribution in [1.82, 2.24) is 9.97 Å². The highest BCUT2D eigenvalue weighted by Crippen LogP contribution is 2.32. The molecule has 1 aromatic rings. The number of aromatic nitrogens is 2. The van der Waals surface area contributed by atoms with E-state index in [4.69, 9.17) is 0 Å². The number of hydrogen-bond donors (Lipinski definition) is 0. The monoisotopic (exact) mass is 162 g/mol. The summed E-state index contributed by atoms with van der Waals surface area (Å²) in [5, 5.41) is 0. The Bertz CT molecular complexity index is 314. The van der Waals surface area contributed by atoms with E-state index in [-0.39, 0.29) is 0 Å². The molecule has 2 rings (SSSR count). The topological polar surface area (TPSA) is 42.9 Å². The average molecular weight is 162 g/mol. The van der Waals surface area contributed by atoms with Crippen molar-refractivity contribution in [2.75, 3.05) is 0 Å². The second kappa shape index (κ2) is 2.66. The van der Waals surface area contributed by atoms with Crippen LogP contribution in [0.15, 0.2) is 12.4 Å². The quantitative estimate of drug-likeness (QED) is 0.623. The minimum absolute atomic E-state index is 0.338. The third-order valence-electron chi connectivity index (χ3n) is 2.25. The molecule has 1 aliphatic rings. The maximum absolute atomic E-state index is 10.7. The van der Waals surface area contributed by atoms with Crippen molar-refractivity contribution in [3.05, 3.63) is 23.8 Å². The Kier molecular flexibility index (Phi) is 1.64. The van der Waals surface area contributed by atoms with Gasteiger partial charge in [0.05, 0.1) is 11.4 Å². The molecule has 1 heterocycles. The van der Waals surface area contributed by atoms with Crippen molar-refractivity contribution in [1.29, 1.82) is 0 Å². The lowest BCUT2D eigenvalue weighted by Gasteiger charge is -2.23. The Hall–Kier alpha value is -1.25.